The van der Waals surface area contributed by atoms with Gasteiger partial charge in [0.1, 0.15) is 17.4 Å². The van der Waals surface area contributed by atoms with Gasteiger partial charge in [-0.15, -0.1) is 0 Å². The Kier molecular flexibility index (Phi) is 3.94. The molecule has 0 saturated carbocycles. The van der Waals surface area contributed by atoms with E-state index in [-0.39, 0.29) is 0 Å². The van der Waals surface area contributed by atoms with Gasteiger partial charge in [0.15, 0.2) is 5.82 Å². The first kappa shape index (κ1) is 14.4. The molecule has 0 fully saturated rings. The van der Waals surface area contributed by atoms with E-state index in [0.717, 1.165) is 16.8 Å². The van der Waals surface area contributed by atoms with Gasteiger partial charge in [0.05, 0.1) is 23.1 Å². The lowest BCUT2D eigenvalue weighted by molar-refractivity contribution is 0.424. The van der Waals surface area contributed by atoms with Crippen molar-refractivity contribution in [2.45, 2.75) is 24.6 Å². The van der Waals surface area contributed by atoms with Crippen LogP contribution in [0.5, 0.6) is 0 Å². The van der Waals surface area contributed by atoms with Crippen LogP contribution >= 0.6 is 11.8 Å². The van der Waals surface area contributed by atoms with Crippen LogP contribution in [0.25, 0.3) is 11.5 Å². The molecule has 22 heavy (non-hydrogen) atoms. The van der Waals surface area contributed by atoms with Gasteiger partial charge in [-0.05, 0) is 31.5 Å². The predicted octanol–water partition coefficient (Wildman–Crippen LogP) is 3.51. The van der Waals surface area contributed by atoms with E-state index >= 15 is 0 Å². The minimum atomic E-state index is 0.415. The summed E-state index contributed by atoms with van der Waals surface area (Å²) in [5.74, 6) is 1.44. The third-order valence-corrected chi connectivity index (χ3v) is 3.97. The van der Waals surface area contributed by atoms with E-state index in [1.165, 1.54) is 11.8 Å². The molecule has 3 aromatic heterocycles. The van der Waals surface area contributed by atoms with Gasteiger partial charge < -0.3 is 8.94 Å². The van der Waals surface area contributed by atoms with Crippen LogP contribution in [0, 0.1) is 25.2 Å². The number of furan rings is 1. The molecule has 0 aliphatic carbocycles. The fourth-order valence-corrected chi connectivity index (χ4v) is 2.93. The zero-order valence-electron chi connectivity index (χ0n) is 12.0. The van der Waals surface area contributed by atoms with Crippen LogP contribution in [0.2, 0.25) is 0 Å². The Bertz CT molecular complexity index is 834. The molecule has 0 unspecified atom stereocenters. The number of pyridine rings is 1. The van der Waals surface area contributed by atoms with Crippen molar-refractivity contribution in [3.8, 4) is 17.5 Å². The molecule has 0 radical (unpaired) electrons. The molecule has 0 aromatic carbocycles. The van der Waals surface area contributed by atoms with E-state index in [4.69, 9.17) is 8.94 Å². The third kappa shape index (κ3) is 2.87. The van der Waals surface area contributed by atoms with E-state index in [1.807, 2.05) is 19.9 Å². The molecule has 3 rings (SSSR count). The molecule has 0 aliphatic rings. The van der Waals surface area contributed by atoms with E-state index in [1.54, 1.807) is 18.6 Å². The number of thioether (sulfide) groups is 1. The maximum Gasteiger partial charge on any atom is 0.261 e. The van der Waals surface area contributed by atoms with E-state index in [2.05, 4.69) is 21.2 Å². The second-order valence-corrected chi connectivity index (χ2v) is 5.65. The van der Waals surface area contributed by atoms with Crippen LogP contribution in [0.3, 0.4) is 0 Å². The van der Waals surface area contributed by atoms with E-state index < -0.39 is 0 Å². The summed E-state index contributed by atoms with van der Waals surface area (Å²) in [5.41, 5.74) is 3.14. The minimum absolute atomic E-state index is 0.415. The van der Waals surface area contributed by atoms with Crippen molar-refractivity contribution in [1.29, 1.82) is 5.26 Å². The average Bonchev–Trinajstić information content (AvgIpc) is 3.15. The van der Waals surface area contributed by atoms with Crippen molar-refractivity contribution in [3.05, 3.63) is 47.3 Å². The minimum Gasteiger partial charge on any atom is -0.472 e. The normalized spacial score (nSPS) is 10.6. The van der Waals surface area contributed by atoms with Crippen molar-refractivity contribution in [3.63, 3.8) is 0 Å². The Morgan fingerprint density at radius 2 is 2.18 bits per heavy atom. The third-order valence-electron chi connectivity index (χ3n) is 3.00. The van der Waals surface area contributed by atoms with Crippen LogP contribution in [-0.2, 0) is 5.75 Å². The molecule has 0 N–H and O–H groups in total. The maximum atomic E-state index is 9.25. The fraction of sp³-hybridized carbons (Fsp3) is 0.200. The van der Waals surface area contributed by atoms with Gasteiger partial charge in [0.2, 0.25) is 0 Å². The van der Waals surface area contributed by atoms with Crippen LogP contribution in [-0.4, -0.2) is 15.1 Å². The molecular formula is C15H12N4O2S. The largest absolute Gasteiger partial charge is 0.472 e. The Morgan fingerprint density at radius 3 is 2.91 bits per heavy atom. The summed E-state index contributed by atoms with van der Waals surface area (Å²) in [5, 5.41) is 13.9. The van der Waals surface area contributed by atoms with Crippen molar-refractivity contribution in [2.75, 3.05) is 0 Å². The first-order valence-electron chi connectivity index (χ1n) is 6.53. The number of hydrogen-bond donors (Lipinski definition) is 0. The molecule has 7 heteroatoms. The smallest absolute Gasteiger partial charge is 0.261 e. The van der Waals surface area contributed by atoms with Crippen molar-refractivity contribution >= 4 is 11.8 Å². The SMILES string of the molecule is Cc1cc(C)c(C#N)c(SCc2noc(-c3ccoc3)n2)n1. The fourth-order valence-electron chi connectivity index (χ4n) is 1.99. The lowest BCUT2D eigenvalue weighted by Crippen LogP contribution is -1.95. The Morgan fingerprint density at radius 1 is 1.32 bits per heavy atom. The lowest BCUT2D eigenvalue weighted by Gasteiger charge is -2.05. The predicted molar refractivity (Wildman–Crippen MR) is 80.0 cm³/mol. The molecule has 3 aromatic rings. The highest BCUT2D eigenvalue weighted by Crippen LogP contribution is 2.27. The molecule has 6 nitrogen and oxygen atoms in total. The summed E-state index contributed by atoms with van der Waals surface area (Å²) in [4.78, 5) is 8.71. The zero-order chi connectivity index (χ0) is 15.5. The topological polar surface area (TPSA) is 88.7 Å². The molecule has 0 atom stereocenters. The number of aryl methyl sites for hydroxylation is 2. The number of aromatic nitrogens is 3. The summed E-state index contributed by atoms with van der Waals surface area (Å²) in [6.07, 6.45) is 3.09. The number of nitriles is 1. The Balaban J connectivity index is 1.78. The molecule has 0 saturated heterocycles. The standard InChI is InChI=1S/C15H12N4O2S/c1-9-5-10(2)17-15(12(9)6-16)22-8-13-18-14(21-19-13)11-3-4-20-7-11/h3-5,7H,8H2,1-2H3. The maximum absolute atomic E-state index is 9.25. The van der Waals surface area contributed by atoms with Crippen LogP contribution < -0.4 is 0 Å². The van der Waals surface area contributed by atoms with E-state index in [9.17, 15) is 5.26 Å². The number of nitrogens with zero attached hydrogens (tertiary/aromatic N) is 4. The van der Waals surface area contributed by atoms with Gasteiger partial charge >= 0.3 is 0 Å². The Hall–Kier alpha value is -2.59. The van der Waals surface area contributed by atoms with Gasteiger partial charge in [-0.2, -0.15) is 10.2 Å². The average molecular weight is 312 g/mol. The van der Waals surface area contributed by atoms with Gasteiger partial charge in [-0.25, -0.2) is 4.98 Å². The zero-order valence-corrected chi connectivity index (χ0v) is 12.8. The van der Waals surface area contributed by atoms with Crippen molar-refractivity contribution in [1.82, 2.24) is 15.1 Å². The summed E-state index contributed by atoms with van der Waals surface area (Å²) < 4.78 is 10.2. The molecule has 0 spiro atoms. The second kappa shape index (κ2) is 6.03. The van der Waals surface area contributed by atoms with Crippen molar-refractivity contribution < 1.29 is 8.94 Å². The molecule has 0 amide bonds. The molecule has 0 bridgehead atoms. The summed E-state index contributed by atoms with van der Waals surface area (Å²) >= 11 is 1.42. The van der Waals surface area contributed by atoms with Crippen LogP contribution in [0.15, 0.2) is 38.6 Å². The summed E-state index contributed by atoms with van der Waals surface area (Å²) in [6, 6.07) is 5.85. The van der Waals surface area contributed by atoms with Gasteiger partial charge in [-0.3, -0.25) is 0 Å². The highest BCUT2D eigenvalue weighted by molar-refractivity contribution is 7.98. The summed E-state index contributed by atoms with van der Waals surface area (Å²) in [6.45, 7) is 3.81. The molecular weight excluding hydrogens is 300 g/mol. The number of rotatable bonds is 4. The number of hydrogen-bond acceptors (Lipinski definition) is 7. The second-order valence-electron chi connectivity index (χ2n) is 4.69. The Labute approximate surface area is 131 Å². The molecule has 3 heterocycles. The highest BCUT2D eigenvalue weighted by Gasteiger charge is 2.13. The van der Waals surface area contributed by atoms with Crippen LogP contribution in [0.1, 0.15) is 22.6 Å². The first-order valence-corrected chi connectivity index (χ1v) is 7.52. The highest BCUT2D eigenvalue weighted by atomic mass is 32.2. The quantitative estimate of drug-likeness (QED) is 0.681. The first-order chi connectivity index (χ1) is 10.7. The van der Waals surface area contributed by atoms with Gasteiger partial charge in [-0.1, -0.05) is 16.9 Å². The molecule has 0 aliphatic heterocycles. The lowest BCUT2D eigenvalue weighted by atomic mass is 10.1. The monoisotopic (exact) mass is 312 g/mol. The molecule has 110 valence electrons. The summed E-state index contributed by atoms with van der Waals surface area (Å²) in [7, 11) is 0. The van der Waals surface area contributed by atoms with Gasteiger partial charge in [0, 0.05) is 5.69 Å². The van der Waals surface area contributed by atoms with Crippen molar-refractivity contribution in [2.24, 2.45) is 0 Å². The van der Waals surface area contributed by atoms with E-state index in [0.29, 0.717) is 28.1 Å². The van der Waals surface area contributed by atoms with Crippen LogP contribution in [0.4, 0.5) is 0 Å². The van der Waals surface area contributed by atoms with Gasteiger partial charge in [0.25, 0.3) is 5.89 Å².